The molecule has 5 heteroatoms. The van der Waals surface area contributed by atoms with Gasteiger partial charge in [0, 0.05) is 6.08 Å². The number of carbonyl (C=O) groups excluding carboxylic acids is 2. The SMILES string of the molecule is C=CC(=O)OC(=O)C(=C)C1(O)CCC(O)CC1. The fourth-order valence-electron chi connectivity index (χ4n) is 1.77. The van der Waals surface area contributed by atoms with E-state index in [0.29, 0.717) is 12.8 Å². The van der Waals surface area contributed by atoms with E-state index in [2.05, 4.69) is 17.9 Å². The lowest BCUT2D eigenvalue weighted by atomic mass is 9.79. The average molecular weight is 240 g/mol. The third-order valence-corrected chi connectivity index (χ3v) is 2.95. The first-order valence-electron chi connectivity index (χ1n) is 5.37. The minimum atomic E-state index is -1.39. The zero-order chi connectivity index (χ0) is 13.1. The molecule has 0 radical (unpaired) electrons. The molecule has 17 heavy (non-hydrogen) atoms. The van der Waals surface area contributed by atoms with Crippen molar-refractivity contribution >= 4 is 11.9 Å². The highest BCUT2D eigenvalue weighted by Crippen LogP contribution is 2.34. The van der Waals surface area contributed by atoms with Crippen molar-refractivity contribution in [3.63, 3.8) is 0 Å². The van der Waals surface area contributed by atoms with Gasteiger partial charge in [0.2, 0.25) is 0 Å². The molecule has 2 N–H and O–H groups in total. The van der Waals surface area contributed by atoms with Gasteiger partial charge in [0.05, 0.1) is 17.3 Å². The van der Waals surface area contributed by atoms with Crippen molar-refractivity contribution in [1.29, 1.82) is 0 Å². The van der Waals surface area contributed by atoms with Gasteiger partial charge in [-0.1, -0.05) is 13.2 Å². The van der Waals surface area contributed by atoms with Gasteiger partial charge < -0.3 is 14.9 Å². The Hall–Kier alpha value is -1.46. The Morgan fingerprint density at radius 2 is 1.88 bits per heavy atom. The van der Waals surface area contributed by atoms with Gasteiger partial charge >= 0.3 is 11.9 Å². The zero-order valence-electron chi connectivity index (χ0n) is 9.52. The van der Waals surface area contributed by atoms with Gasteiger partial charge in [-0.15, -0.1) is 0 Å². The molecule has 0 aromatic heterocycles. The summed E-state index contributed by atoms with van der Waals surface area (Å²) < 4.78 is 4.39. The molecule has 0 heterocycles. The first kappa shape index (κ1) is 13.6. The average Bonchev–Trinajstić information content (AvgIpc) is 2.32. The van der Waals surface area contributed by atoms with E-state index in [1.165, 1.54) is 0 Å². The lowest BCUT2D eigenvalue weighted by molar-refractivity contribution is -0.155. The van der Waals surface area contributed by atoms with Gasteiger partial charge in [-0.2, -0.15) is 0 Å². The lowest BCUT2D eigenvalue weighted by Crippen LogP contribution is -2.40. The maximum atomic E-state index is 11.5. The highest BCUT2D eigenvalue weighted by atomic mass is 16.6. The number of carbonyl (C=O) groups is 2. The van der Waals surface area contributed by atoms with Crippen LogP contribution in [0, 0.1) is 0 Å². The summed E-state index contributed by atoms with van der Waals surface area (Å²) in [5.74, 6) is -1.83. The maximum absolute atomic E-state index is 11.5. The number of hydrogen-bond donors (Lipinski definition) is 2. The summed E-state index contributed by atoms with van der Waals surface area (Å²) in [6.07, 6.45) is 1.62. The summed E-state index contributed by atoms with van der Waals surface area (Å²) in [4.78, 5) is 22.3. The highest BCUT2D eigenvalue weighted by molar-refractivity contribution is 6.00. The fraction of sp³-hybridized carbons (Fsp3) is 0.500. The first-order valence-corrected chi connectivity index (χ1v) is 5.37. The van der Waals surface area contributed by atoms with Crippen molar-refractivity contribution in [2.45, 2.75) is 37.4 Å². The third-order valence-electron chi connectivity index (χ3n) is 2.95. The van der Waals surface area contributed by atoms with Crippen LogP contribution in [0.2, 0.25) is 0 Å². The van der Waals surface area contributed by atoms with E-state index in [-0.39, 0.29) is 18.4 Å². The second-order valence-corrected chi connectivity index (χ2v) is 4.15. The van der Waals surface area contributed by atoms with Gasteiger partial charge in [0.1, 0.15) is 0 Å². The van der Waals surface area contributed by atoms with Crippen LogP contribution < -0.4 is 0 Å². The van der Waals surface area contributed by atoms with E-state index in [9.17, 15) is 19.8 Å². The van der Waals surface area contributed by atoms with Crippen LogP contribution in [0.4, 0.5) is 0 Å². The van der Waals surface area contributed by atoms with Gasteiger partial charge in [0.25, 0.3) is 0 Å². The molecule has 1 rings (SSSR count). The topological polar surface area (TPSA) is 83.8 Å². The van der Waals surface area contributed by atoms with E-state index in [0.717, 1.165) is 6.08 Å². The first-order chi connectivity index (χ1) is 7.89. The van der Waals surface area contributed by atoms with Crippen LogP contribution in [0.3, 0.4) is 0 Å². The van der Waals surface area contributed by atoms with E-state index in [4.69, 9.17) is 0 Å². The molecule has 1 aliphatic rings. The van der Waals surface area contributed by atoms with Crippen LogP contribution in [-0.2, 0) is 14.3 Å². The normalized spacial score (nSPS) is 28.2. The van der Waals surface area contributed by atoms with E-state index in [1.807, 2.05) is 0 Å². The number of esters is 2. The predicted octanol–water partition coefficient (Wildman–Crippen LogP) is 0.464. The maximum Gasteiger partial charge on any atom is 0.344 e. The summed E-state index contributed by atoms with van der Waals surface area (Å²) in [5, 5.41) is 19.5. The second-order valence-electron chi connectivity index (χ2n) is 4.15. The Kier molecular flexibility index (Phi) is 4.20. The highest BCUT2D eigenvalue weighted by Gasteiger charge is 2.39. The molecule has 0 aromatic rings. The van der Waals surface area contributed by atoms with Gasteiger partial charge in [-0.25, -0.2) is 9.59 Å². The van der Waals surface area contributed by atoms with Crippen LogP contribution in [-0.4, -0.2) is 33.9 Å². The van der Waals surface area contributed by atoms with Crippen LogP contribution in [0.25, 0.3) is 0 Å². The largest absolute Gasteiger partial charge is 0.393 e. The standard InChI is InChI=1S/C12H16O5/c1-3-10(14)17-11(15)8(2)12(16)6-4-9(13)5-7-12/h3,9,13,16H,1-2,4-7H2. The molecule has 1 saturated carbocycles. The number of aliphatic hydroxyl groups excluding tert-OH is 1. The number of ether oxygens (including phenoxy) is 1. The molecule has 0 atom stereocenters. The Bertz CT molecular complexity index is 350. The Balaban J connectivity index is 2.65. The summed E-state index contributed by atoms with van der Waals surface area (Å²) in [6, 6.07) is 0. The predicted molar refractivity (Wildman–Crippen MR) is 59.9 cm³/mol. The van der Waals surface area contributed by atoms with E-state index < -0.39 is 23.6 Å². The van der Waals surface area contributed by atoms with Gasteiger partial charge in [0.15, 0.2) is 0 Å². The van der Waals surface area contributed by atoms with Crippen LogP contribution in [0.5, 0.6) is 0 Å². The van der Waals surface area contributed by atoms with Crippen molar-refractivity contribution < 1.29 is 24.5 Å². The molecule has 5 nitrogen and oxygen atoms in total. The Morgan fingerprint density at radius 1 is 1.35 bits per heavy atom. The molecular formula is C12H16O5. The number of aliphatic hydroxyl groups is 2. The van der Waals surface area contributed by atoms with E-state index >= 15 is 0 Å². The van der Waals surface area contributed by atoms with E-state index in [1.54, 1.807) is 0 Å². The zero-order valence-corrected chi connectivity index (χ0v) is 9.52. The Morgan fingerprint density at radius 3 is 2.35 bits per heavy atom. The summed E-state index contributed by atoms with van der Waals surface area (Å²) >= 11 is 0. The molecule has 0 amide bonds. The molecule has 0 bridgehead atoms. The molecule has 1 aliphatic carbocycles. The molecule has 1 fully saturated rings. The Labute approximate surface area is 99.4 Å². The molecule has 0 aromatic carbocycles. The minimum Gasteiger partial charge on any atom is -0.393 e. The van der Waals surface area contributed by atoms with Crippen LogP contribution >= 0.6 is 0 Å². The molecule has 0 spiro atoms. The monoisotopic (exact) mass is 240 g/mol. The van der Waals surface area contributed by atoms with Crippen LogP contribution in [0.15, 0.2) is 24.8 Å². The quantitative estimate of drug-likeness (QED) is 0.425. The van der Waals surface area contributed by atoms with Crippen molar-refractivity contribution in [1.82, 2.24) is 0 Å². The van der Waals surface area contributed by atoms with Crippen LogP contribution in [0.1, 0.15) is 25.7 Å². The smallest absolute Gasteiger partial charge is 0.344 e. The number of hydrogen-bond acceptors (Lipinski definition) is 5. The van der Waals surface area contributed by atoms with Crippen molar-refractivity contribution in [3.05, 3.63) is 24.8 Å². The lowest BCUT2D eigenvalue weighted by Gasteiger charge is -2.34. The minimum absolute atomic E-state index is 0.153. The van der Waals surface area contributed by atoms with Crippen molar-refractivity contribution in [3.8, 4) is 0 Å². The summed E-state index contributed by atoms with van der Waals surface area (Å²) in [6.45, 7) is 6.63. The van der Waals surface area contributed by atoms with Gasteiger partial charge in [-0.05, 0) is 25.7 Å². The molecule has 0 unspecified atom stereocenters. The molecular weight excluding hydrogens is 224 g/mol. The van der Waals surface area contributed by atoms with Gasteiger partial charge in [-0.3, -0.25) is 0 Å². The molecule has 0 aliphatic heterocycles. The summed E-state index contributed by atoms with van der Waals surface area (Å²) in [5.41, 5.74) is -1.54. The molecule has 94 valence electrons. The van der Waals surface area contributed by atoms with Crippen molar-refractivity contribution in [2.24, 2.45) is 0 Å². The second kappa shape index (κ2) is 5.25. The van der Waals surface area contributed by atoms with Crippen molar-refractivity contribution in [2.75, 3.05) is 0 Å². The molecule has 0 saturated heterocycles. The summed E-state index contributed by atoms with van der Waals surface area (Å²) in [7, 11) is 0. The number of rotatable bonds is 3. The third kappa shape index (κ3) is 3.25. The fourth-order valence-corrected chi connectivity index (χ4v) is 1.77.